The smallest absolute Gasteiger partial charge is 0.253 e. The minimum Gasteiger partial charge on any atom is -0.493 e. The van der Waals surface area contributed by atoms with Crippen LogP contribution < -0.4 is 4.74 Å². The number of pyridine rings is 1. The number of nitrogens with zero attached hydrogens (tertiary/aromatic N) is 3. The van der Waals surface area contributed by atoms with E-state index in [0.29, 0.717) is 11.5 Å². The molecule has 2 aliphatic heterocycles. The highest BCUT2D eigenvalue weighted by atomic mass is 16.5. The Morgan fingerprint density at radius 2 is 1.94 bits per heavy atom. The van der Waals surface area contributed by atoms with Gasteiger partial charge in [-0.1, -0.05) is 12.1 Å². The summed E-state index contributed by atoms with van der Waals surface area (Å²) in [4.78, 5) is 24.3. The van der Waals surface area contributed by atoms with E-state index in [4.69, 9.17) is 9.72 Å². The second-order valence-corrected chi connectivity index (χ2v) is 10.0. The molecule has 2 aliphatic rings. The van der Waals surface area contributed by atoms with E-state index in [9.17, 15) is 4.79 Å². The average molecular weight is 467 g/mol. The van der Waals surface area contributed by atoms with Crippen molar-refractivity contribution in [1.29, 1.82) is 0 Å². The van der Waals surface area contributed by atoms with E-state index in [1.165, 1.54) is 17.5 Å². The first-order chi connectivity index (χ1) is 17.0. The van der Waals surface area contributed by atoms with Crippen LogP contribution in [0.4, 0.5) is 0 Å². The number of hydrogen-bond donors (Lipinski definition) is 1. The summed E-state index contributed by atoms with van der Waals surface area (Å²) in [7, 11) is 5.74. The number of fused-ring (bicyclic) bond motifs is 1. The van der Waals surface area contributed by atoms with E-state index < -0.39 is 0 Å². The minimum atomic E-state index is 0.00158. The van der Waals surface area contributed by atoms with Crippen LogP contribution in [0, 0.1) is 0 Å². The average Bonchev–Trinajstić information content (AvgIpc) is 3.17. The van der Waals surface area contributed by atoms with E-state index in [-0.39, 0.29) is 5.91 Å². The summed E-state index contributed by atoms with van der Waals surface area (Å²) in [6.45, 7) is 2.82. The van der Waals surface area contributed by atoms with E-state index in [1.807, 2.05) is 36.7 Å². The van der Waals surface area contributed by atoms with E-state index >= 15 is 0 Å². The molecule has 1 unspecified atom stereocenters. The molecule has 4 heterocycles. The first-order valence-electron chi connectivity index (χ1n) is 12.3. The zero-order valence-corrected chi connectivity index (χ0v) is 20.5. The first-order valence-corrected chi connectivity index (χ1v) is 12.3. The van der Waals surface area contributed by atoms with Gasteiger partial charge in [-0.15, -0.1) is 0 Å². The third kappa shape index (κ3) is 3.88. The Morgan fingerprint density at radius 1 is 1.11 bits per heavy atom. The number of carbonyl (C=O) groups is 1. The van der Waals surface area contributed by atoms with Gasteiger partial charge in [0.15, 0.2) is 0 Å². The van der Waals surface area contributed by atoms with Gasteiger partial charge in [0.2, 0.25) is 0 Å². The maximum Gasteiger partial charge on any atom is 0.253 e. The molecule has 2 aromatic carbocycles. The summed E-state index contributed by atoms with van der Waals surface area (Å²) in [5, 5.41) is 1.06. The van der Waals surface area contributed by atoms with E-state index in [2.05, 4.69) is 35.1 Å². The fraction of sp³-hybridized carbons (Fsp3) is 0.310. The zero-order chi connectivity index (χ0) is 24.1. The quantitative estimate of drug-likeness (QED) is 0.445. The lowest BCUT2D eigenvalue weighted by Crippen LogP contribution is -2.30. The second-order valence-electron chi connectivity index (χ2n) is 10.0. The molecule has 0 aliphatic carbocycles. The number of amides is 1. The number of H-pyrrole nitrogens is 1. The number of hydrogen-bond acceptors (Lipinski definition) is 4. The number of likely N-dealkylation sites (N-methyl/N-ethyl adjacent to an activating group) is 1. The minimum absolute atomic E-state index is 0.00158. The number of ether oxygens (including phenoxy) is 1. The molecule has 1 N–H and O–H groups in total. The van der Waals surface area contributed by atoms with Crippen molar-refractivity contribution < 1.29 is 9.53 Å². The molecule has 178 valence electrons. The van der Waals surface area contributed by atoms with Crippen LogP contribution in [0.25, 0.3) is 33.3 Å². The molecule has 0 saturated carbocycles. The number of carbonyl (C=O) groups excluding carboxylic acids is 1. The molecule has 0 saturated heterocycles. The first kappa shape index (κ1) is 21.9. The largest absolute Gasteiger partial charge is 0.493 e. The third-order valence-electron chi connectivity index (χ3n) is 7.28. The summed E-state index contributed by atoms with van der Waals surface area (Å²) in [5.74, 6) is 1.60. The van der Waals surface area contributed by atoms with E-state index in [0.717, 1.165) is 65.2 Å². The van der Waals surface area contributed by atoms with Crippen molar-refractivity contribution in [2.75, 3.05) is 34.3 Å². The van der Waals surface area contributed by atoms with Gasteiger partial charge in [0.1, 0.15) is 11.4 Å². The fourth-order valence-corrected chi connectivity index (χ4v) is 5.59. The monoisotopic (exact) mass is 466 g/mol. The third-order valence-corrected chi connectivity index (χ3v) is 7.28. The Kier molecular flexibility index (Phi) is 5.33. The van der Waals surface area contributed by atoms with Gasteiger partial charge in [-0.25, -0.2) is 4.98 Å². The number of aromatic amines is 1. The van der Waals surface area contributed by atoms with Crippen LogP contribution in [0.1, 0.15) is 40.2 Å². The highest BCUT2D eigenvalue weighted by Crippen LogP contribution is 2.42. The Bertz CT molecular complexity index is 1420. The molecule has 6 rings (SSSR count). The summed E-state index contributed by atoms with van der Waals surface area (Å²) in [5.41, 5.74) is 8.66. The molecular weight excluding hydrogens is 436 g/mol. The van der Waals surface area contributed by atoms with Gasteiger partial charge in [-0.2, -0.15) is 0 Å². The molecular formula is C29H30N4O2. The summed E-state index contributed by atoms with van der Waals surface area (Å²) in [6.07, 6.45) is 6.22. The van der Waals surface area contributed by atoms with Gasteiger partial charge in [0.05, 0.1) is 6.61 Å². The molecule has 1 amide bonds. The van der Waals surface area contributed by atoms with Gasteiger partial charge in [0, 0.05) is 73.1 Å². The molecule has 0 fully saturated rings. The maximum atomic E-state index is 12.3. The lowest BCUT2D eigenvalue weighted by atomic mass is 9.85. The molecule has 4 aromatic rings. The van der Waals surface area contributed by atoms with Crippen molar-refractivity contribution in [3.8, 4) is 28.0 Å². The van der Waals surface area contributed by atoms with Gasteiger partial charge in [0.25, 0.3) is 5.91 Å². The Hall–Kier alpha value is -3.64. The molecule has 0 spiro atoms. The van der Waals surface area contributed by atoms with Crippen LogP contribution in [0.2, 0.25) is 0 Å². The summed E-state index contributed by atoms with van der Waals surface area (Å²) >= 11 is 0. The molecule has 2 aromatic heterocycles. The van der Waals surface area contributed by atoms with Crippen molar-refractivity contribution in [3.63, 3.8) is 0 Å². The highest BCUT2D eigenvalue weighted by Gasteiger charge is 2.29. The summed E-state index contributed by atoms with van der Waals surface area (Å²) < 4.78 is 6.23. The Morgan fingerprint density at radius 3 is 2.74 bits per heavy atom. The van der Waals surface area contributed by atoms with E-state index in [1.54, 1.807) is 19.0 Å². The fourth-order valence-electron chi connectivity index (χ4n) is 5.59. The lowest BCUT2D eigenvalue weighted by Gasteiger charge is -2.32. The summed E-state index contributed by atoms with van der Waals surface area (Å²) in [6, 6.07) is 14.5. The van der Waals surface area contributed by atoms with Gasteiger partial charge in [-0.05, 0) is 66.9 Å². The Balaban J connectivity index is 1.41. The Labute approximate surface area is 205 Å². The van der Waals surface area contributed by atoms with Crippen molar-refractivity contribution in [2.24, 2.45) is 0 Å². The molecule has 1 atom stereocenters. The second kappa shape index (κ2) is 8.54. The van der Waals surface area contributed by atoms with Crippen molar-refractivity contribution in [1.82, 2.24) is 19.8 Å². The number of nitrogens with one attached hydrogen (secondary N) is 1. The van der Waals surface area contributed by atoms with Crippen molar-refractivity contribution in [3.05, 3.63) is 71.5 Å². The molecule has 35 heavy (non-hydrogen) atoms. The number of benzene rings is 2. The van der Waals surface area contributed by atoms with Crippen LogP contribution in [0.3, 0.4) is 0 Å². The van der Waals surface area contributed by atoms with Crippen LogP contribution in [-0.2, 0) is 6.54 Å². The number of rotatable bonds is 3. The SMILES string of the molecule is CN1Cc2cc(-c3cnc4[nH]cc(-c5ccc(C(=O)N(C)C)cc5)c4c3)cc3c2C(CCCO3)C1. The number of aromatic nitrogens is 2. The van der Waals surface area contributed by atoms with Crippen molar-refractivity contribution in [2.45, 2.75) is 25.3 Å². The predicted molar refractivity (Wildman–Crippen MR) is 139 cm³/mol. The predicted octanol–water partition coefficient (Wildman–Crippen LogP) is 5.30. The highest BCUT2D eigenvalue weighted by molar-refractivity contribution is 5.98. The van der Waals surface area contributed by atoms with Crippen LogP contribution in [0.15, 0.2) is 54.9 Å². The standard InChI is InChI=1S/C29H30N4O2/c1-32(2)29(34)19-8-6-18(7-9-19)25-15-31-28-24(25)12-22(14-30-28)21-11-23-17-33(3)16-20-5-4-10-35-26(13-21)27(20)23/h6-9,11-15,20H,4-5,10,16-17H2,1-3H3,(H,30,31). The van der Waals surface area contributed by atoms with Gasteiger partial charge >= 0.3 is 0 Å². The van der Waals surface area contributed by atoms with Crippen molar-refractivity contribution >= 4 is 16.9 Å². The van der Waals surface area contributed by atoms with Crippen LogP contribution >= 0.6 is 0 Å². The molecule has 0 radical (unpaired) electrons. The van der Waals surface area contributed by atoms with Crippen LogP contribution in [0.5, 0.6) is 5.75 Å². The maximum absolute atomic E-state index is 12.3. The zero-order valence-electron chi connectivity index (χ0n) is 20.5. The molecule has 6 heteroatoms. The lowest BCUT2D eigenvalue weighted by molar-refractivity contribution is 0.0827. The topological polar surface area (TPSA) is 61.5 Å². The van der Waals surface area contributed by atoms with Crippen LogP contribution in [-0.4, -0.2) is 60.0 Å². The molecule has 0 bridgehead atoms. The molecule has 6 nitrogen and oxygen atoms in total. The van der Waals surface area contributed by atoms with Gasteiger partial charge < -0.3 is 19.5 Å². The van der Waals surface area contributed by atoms with Gasteiger partial charge in [-0.3, -0.25) is 4.79 Å². The normalized spacial score (nSPS) is 17.5.